The summed E-state index contributed by atoms with van der Waals surface area (Å²) in [4.78, 5) is 11.5. The fourth-order valence-electron chi connectivity index (χ4n) is 1.59. The standard InChI is InChI=1S/C12H16N4O2/c13-10-8-15-16(9-10)6-5-14-12(17)4-3-11-2-1-7-18-11/h1-2,7-9H,3-6,13H2,(H,14,17). The average molecular weight is 248 g/mol. The zero-order valence-electron chi connectivity index (χ0n) is 10.0. The van der Waals surface area contributed by atoms with Gasteiger partial charge in [-0.2, -0.15) is 5.10 Å². The predicted molar refractivity (Wildman–Crippen MR) is 66.7 cm³/mol. The van der Waals surface area contributed by atoms with Gasteiger partial charge in [0.2, 0.25) is 5.91 Å². The highest BCUT2D eigenvalue weighted by atomic mass is 16.3. The van der Waals surface area contributed by atoms with E-state index in [1.807, 2.05) is 12.1 Å². The van der Waals surface area contributed by atoms with Crippen LogP contribution in [0.25, 0.3) is 0 Å². The number of aromatic nitrogens is 2. The number of nitrogens with zero attached hydrogens (tertiary/aromatic N) is 2. The van der Waals surface area contributed by atoms with Gasteiger partial charge in [0.1, 0.15) is 5.76 Å². The van der Waals surface area contributed by atoms with Crippen molar-refractivity contribution in [3.8, 4) is 0 Å². The van der Waals surface area contributed by atoms with E-state index in [2.05, 4.69) is 10.4 Å². The molecule has 0 fully saturated rings. The Labute approximate surface area is 105 Å². The number of rotatable bonds is 6. The van der Waals surface area contributed by atoms with Gasteiger partial charge in [-0.25, -0.2) is 0 Å². The first-order valence-corrected chi connectivity index (χ1v) is 5.81. The van der Waals surface area contributed by atoms with Gasteiger partial charge in [-0.05, 0) is 12.1 Å². The number of furan rings is 1. The highest BCUT2D eigenvalue weighted by Gasteiger charge is 2.03. The molecule has 0 bridgehead atoms. The molecular formula is C12H16N4O2. The van der Waals surface area contributed by atoms with Gasteiger partial charge < -0.3 is 15.5 Å². The van der Waals surface area contributed by atoms with Crippen LogP contribution in [0, 0.1) is 0 Å². The summed E-state index contributed by atoms with van der Waals surface area (Å²) in [6, 6.07) is 3.68. The second kappa shape index (κ2) is 5.90. The number of nitrogens with two attached hydrogens (primary N) is 1. The van der Waals surface area contributed by atoms with E-state index in [0.29, 0.717) is 31.6 Å². The second-order valence-corrected chi connectivity index (χ2v) is 3.97. The van der Waals surface area contributed by atoms with E-state index in [9.17, 15) is 4.79 Å². The third kappa shape index (κ3) is 3.65. The Bertz CT molecular complexity index is 490. The first kappa shape index (κ1) is 12.2. The Hall–Kier alpha value is -2.24. The van der Waals surface area contributed by atoms with Crippen LogP contribution in [-0.2, 0) is 17.8 Å². The highest BCUT2D eigenvalue weighted by Crippen LogP contribution is 2.03. The molecule has 0 saturated heterocycles. The number of hydrogen-bond donors (Lipinski definition) is 2. The van der Waals surface area contributed by atoms with E-state index in [4.69, 9.17) is 10.2 Å². The summed E-state index contributed by atoms with van der Waals surface area (Å²) < 4.78 is 6.85. The van der Waals surface area contributed by atoms with Gasteiger partial charge in [0, 0.05) is 25.6 Å². The number of amides is 1. The third-order valence-corrected chi connectivity index (χ3v) is 2.49. The molecule has 0 atom stereocenters. The monoisotopic (exact) mass is 248 g/mol. The van der Waals surface area contributed by atoms with Crippen molar-refractivity contribution in [2.24, 2.45) is 0 Å². The predicted octanol–water partition coefficient (Wildman–Crippen LogP) is 0.807. The molecule has 0 aliphatic carbocycles. The summed E-state index contributed by atoms with van der Waals surface area (Å²) >= 11 is 0. The smallest absolute Gasteiger partial charge is 0.220 e. The Kier molecular flexibility index (Phi) is 4.01. The Balaban J connectivity index is 1.63. The number of aryl methyl sites for hydroxylation is 1. The van der Waals surface area contributed by atoms with Crippen molar-refractivity contribution >= 4 is 11.6 Å². The van der Waals surface area contributed by atoms with E-state index in [1.165, 1.54) is 0 Å². The molecule has 18 heavy (non-hydrogen) atoms. The van der Waals surface area contributed by atoms with Crippen LogP contribution in [0.3, 0.4) is 0 Å². The molecule has 2 aromatic heterocycles. The van der Waals surface area contributed by atoms with Crippen molar-refractivity contribution in [2.75, 3.05) is 12.3 Å². The number of nitrogen functional groups attached to an aromatic ring is 1. The van der Waals surface area contributed by atoms with Crippen LogP contribution < -0.4 is 11.1 Å². The van der Waals surface area contributed by atoms with Crippen LogP contribution in [0.2, 0.25) is 0 Å². The molecule has 2 rings (SSSR count). The van der Waals surface area contributed by atoms with Gasteiger partial charge in [0.25, 0.3) is 0 Å². The molecule has 0 aliphatic heterocycles. The molecule has 0 unspecified atom stereocenters. The molecule has 1 amide bonds. The number of nitrogens with one attached hydrogen (secondary N) is 1. The lowest BCUT2D eigenvalue weighted by atomic mass is 10.2. The lowest BCUT2D eigenvalue weighted by Crippen LogP contribution is -2.27. The largest absolute Gasteiger partial charge is 0.469 e. The molecule has 0 aliphatic rings. The molecule has 2 heterocycles. The van der Waals surface area contributed by atoms with Gasteiger partial charge in [-0.1, -0.05) is 0 Å². The van der Waals surface area contributed by atoms with Crippen LogP contribution in [0.4, 0.5) is 5.69 Å². The van der Waals surface area contributed by atoms with E-state index in [0.717, 1.165) is 5.76 Å². The van der Waals surface area contributed by atoms with Gasteiger partial charge in [-0.3, -0.25) is 9.48 Å². The second-order valence-electron chi connectivity index (χ2n) is 3.97. The molecular weight excluding hydrogens is 232 g/mol. The van der Waals surface area contributed by atoms with E-state index < -0.39 is 0 Å². The van der Waals surface area contributed by atoms with E-state index in [-0.39, 0.29) is 5.91 Å². The lowest BCUT2D eigenvalue weighted by molar-refractivity contribution is -0.121. The summed E-state index contributed by atoms with van der Waals surface area (Å²) in [5.74, 6) is 0.830. The van der Waals surface area contributed by atoms with Gasteiger partial charge in [0.05, 0.1) is 24.7 Å². The highest BCUT2D eigenvalue weighted by molar-refractivity contribution is 5.75. The molecule has 6 heteroatoms. The maximum atomic E-state index is 11.5. The normalized spacial score (nSPS) is 10.4. The molecule has 96 valence electrons. The Morgan fingerprint density at radius 2 is 2.44 bits per heavy atom. The average Bonchev–Trinajstić information content (AvgIpc) is 2.98. The van der Waals surface area contributed by atoms with Crippen molar-refractivity contribution in [1.82, 2.24) is 15.1 Å². The number of carbonyl (C=O) groups is 1. The minimum atomic E-state index is 0.00604. The fraction of sp³-hybridized carbons (Fsp3) is 0.333. The maximum Gasteiger partial charge on any atom is 0.220 e. The SMILES string of the molecule is Nc1cnn(CCNC(=O)CCc2ccco2)c1. The number of anilines is 1. The fourth-order valence-corrected chi connectivity index (χ4v) is 1.59. The quantitative estimate of drug-likeness (QED) is 0.792. The van der Waals surface area contributed by atoms with E-state index in [1.54, 1.807) is 23.3 Å². The minimum absolute atomic E-state index is 0.00604. The van der Waals surface area contributed by atoms with Crippen LogP contribution in [-0.4, -0.2) is 22.2 Å². The van der Waals surface area contributed by atoms with Crippen molar-refractivity contribution in [1.29, 1.82) is 0 Å². The summed E-state index contributed by atoms with van der Waals surface area (Å²) in [5.41, 5.74) is 6.16. The molecule has 2 aromatic rings. The molecule has 3 N–H and O–H groups in total. The molecule has 0 spiro atoms. The third-order valence-electron chi connectivity index (χ3n) is 2.49. The molecule has 0 radical (unpaired) electrons. The zero-order chi connectivity index (χ0) is 12.8. The Morgan fingerprint density at radius 1 is 1.56 bits per heavy atom. The van der Waals surface area contributed by atoms with Crippen LogP contribution >= 0.6 is 0 Å². The van der Waals surface area contributed by atoms with Crippen LogP contribution in [0.1, 0.15) is 12.2 Å². The first-order chi connectivity index (χ1) is 8.74. The number of carbonyl (C=O) groups excluding carboxylic acids is 1. The Morgan fingerprint density at radius 3 is 3.11 bits per heavy atom. The van der Waals surface area contributed by atoms with Crippen molar-refractivity contribution < 1.29 is 9.21 Å². The molecule has 0 saturated carbocycles. The van der Waals surface area contributed by atoms with Crippen molar-refractivity contribution in [2.45, 2.75) is 19.4 Å². The van der Waals surface area contributed by atoms with Gasteiger partial charge in [0.15, 0.2) is 0 Å². The summed E-state index contributed by atoms with van der Waals surface area (Å²) in [7, 11) is 0. The summed E-state index contributed by atoms with van der Waals surface area (Å²) in [5, 5.41) is 6.85. The van der Waals surface area contributed by atoms with Crippen LogP contribution in [0.5, 0.6) is 0 Å². The zero-order valence-corrected chi connectivity index (χ0v) is 10.0. The first-order valence-electron chi connectivity index (χ1n) is 5.81. The van der Waals surface area contributed by atoms with Crippen molar-refractivity contribution in [3.05, 3.63) is 36.5 Å². The van der Waals surface area contributed by atoms with Crippen LogP contribution in [0.15, 0.2) is 35.2 Å². The minimum Gasteiger partial charge on any atom is -0.469 e. The molecule has 6 nitrogen and oxygen atoms in total. The van der Waals surface area contributed by atoms with Crippen molar-refractivity contribution in [3.63, 3.8) is 0 Å². The van der Waals surface area contributed by atoms with E-state index >= 15 is 0 Å². The topological polar surface area (TPSA) is 86.1 Å². The molecule has 0 aromatic carbocycles. The maximum absolute atomic E-state index is 11.5. The lowest BCUT2D eigenvalue weighted by Gasteiger charge is -2.04. The summed E-state index contributed by atoms with van der Waals surface area (Å²) in [6.07, 6.45) is 5.96. The van der Waals surface area contributed by atoms with Gasteiger partial charge in [-0.15, -0.1) is 0 Å². The number of hydrogen-bond acceptors (Lipinski definition) is 4. The van der Waals surface area contributed by atoms with Gasteiger partial charge >= 0.3 is 0 Å². The summed E-state index contributed by atoms with van der Waals surface area (Å²) in [6.45, 7) is 1.15.